The van der Waals surface area contributed by atoms with Gasteiger partial charge >= 0.3 is 11.9 Å². The SMILES string of the molecule is COc1ccc(OC(=O)c2ccc(OC(=O)C3COC4CCOC43)cc2)cc1. The maximum Gasteiger partial charge on any atom is 0.343 e. The number of fused-ring (bicyclic) bond motifs is 1. The predicted octanol–water partition coefficient (Wildman–Crippen LogP) is 2.62. The third kappa shape index (κ3) is 3.85. The number of carbonyl (C=O) groups is 2. The van der Waals surface area contributed by atoms with E-state index in [4.69, 9.17) is 23.7 Å². The molecule has 7 nitrogen and oxygen atoms in total. The molecule has 2 aromatic rings. The molecular formula is C21H20O7. The molecule has 0 aromatic heterocycles. The molecule has 0 saturated carbocycles. The molecule has 0 radical (unpaired) electrons. The molecule has 7 heteroatoms. The summed E-state index contributed by atoms with van der Waals surface area (Å²) in [5.74, 6) is 0.124. The van der Waals surface area contributed by atoms with E-state index in [0.29, 0.717) is 36.0 Å². The van der Waals surface area contributed by atoms with Crippen LogP contribution in [0.15, 0.2) is 48.5 Å². The number of benzene rings is 2. The number of carbonyl (C=O) groups excluding carboxylic acids is 2. The van der Waals surface area contributed by atoms with Crippen molar-refractivity contribution < 1.29 is 33.3 Å². The molecule has 2 heterocycles. The van der Waals surface area contributed by atoms with Gasteiger partial charge in [-0.1, -0.05) is 0 Å². The molecule has 0 N–H and O–H groups in total. The first-order valence-electron chi connectivity index (χ1n) is 9.05. The minimum atomic E-state index is -0.505. The summed E-state index contributed by atoms with van der Waals surface area (Å²) in [5, 5.41) is 0. The van der Waals surface area contributed by atoms with Crippen LogP contribution in [0.3, 0.4) is 0 Å². The van der Waals surface area contributed by atoms with Gasteiger partial charge in [-0.05, 0) is 55.0 Å². The molecule has 28 heavy (non-hydrogen) atoms. The zero-order valence-electron chi connectivity index (χ0n) is 15.3. The van der Waals surface area contributed by atoms with E-state index in [0.717, 1.165) is 6.42 Å². The topological polar surface area (TPSA) is 80.3 Å². The smallest absolute Gasteiger partial charge is 0.343 e. The van der Waals surface area contributed by atoms with E-state index in [1.807, 2.05) is 0 Å². The van der Waals surface area contributed by atoms with Gasteiger partial charge in [0, 0.05) is 6.61 Å². The first kappa shape index (κ1) is 18.5. The fourth-order valence-corrected chi connectivity index (χ4v) is 3.33. The van der Waals surface area contributed by atoms with Crippen molar-refractivity contribution >= 4 is 11.9 Å². The normalized spacial score (nSPS) is 23.1. The highest BCUT2D eigenvalue weighted by molar-refractivity contribution is 5.91. The molecule has 0 aliphatic carbocycles. The Kier molecular flexibility index (Phi) is 5.27. The van der Waals surface area contributed by atoms with E-state index in [2.05, 4.69) is 0 Å². The van der Waals surface area contributed by atoms with E-state index in [1.54, 1.807) is 55.6 Å². The number of ether oxygens (including phenoxy) is 5. The van der Waals surface area contributed by atoms with Gasteiger partial charge in [0.1, 0.15) is 23.2 Å². The summed E-state index contributed by atoms with van der Waals surface area (Å²) in [5.41, 5.74) is 0.346. The van der Waals surface area contributed by atoms with Crippen molar-refractivity contribution in [3.63, 3.8) is 0 Å². The van der Waals surface area contributed by atoms with Crippen LogP contribution in [-0.4, -0.2) is 44.5 Å². The summed E-state index contributed by atoms with van der Waals surface area (Å²) >= 11 is 0. The highest BCUT2D eigenvalue weighted by atomic mass is 16.6. The highest BCUT2D eigenvalue weighted by Crippen LogP contribution is 2.32. The maximum absolute atomic E-state index is 12.4. The average Bonchev–Trinajstić information content (AvgIpc) is 3.33. The Morgan fingerprint density at radius 2 is 1.54 bits per heavy atom. The minimum Gasteiger partial charge on any atom is -0.497 e. The van der Waals surface area contributed by atoms with Crippen LogP contribution in [-0.2, 0) is 14.3 Å². The molecule has 4 rings (SSSR count). The average molecular weight is 384 g/mol. The Bertz CT molecular complexity index is 844. The quantitative estimate of drug-likeness (QED) is 0.579. The second-order valence-corrected chi connectivity index (χ2v) is 6.61. The van der Waals surface area contributed by atoms with Crippen molar-refractivity contribution in [1.29, 1.82) is 0 Å². The van der Waals surface area contributed by atoms with Gasteiger partial charge < -0.3 is 23.7 Å². The minimum absolute atomic E-state index is 0.0207. The van der Waals surface area contributed by atoms with Crippen LogP contribution in [0.25, 0.3) is 0 Å². The molecule has 2 aromatic carbocycles. The van der Waals surface area contributed by atoms with Gasteiger partial charge in [-0.25, -0.2) is 4.79 Å². The summed E-state index contributed by atoms with van der Waals surface area (Å²) in [4.78, 5) is 24.6. The van der Waals surface area contributed by atoms with Gasteiger partial charge in [-0.3, -0.25) is 4.79 Å². The largest absolute Gasteiger partial charge is 0.497 e. The Balaban J connectivity index is 1.35. The second kappa shape index (κ2) is 8.00. The lowest BCUT2D eigenvalue weighted by atomic mass is 10.0. The Labute approximate surface area is 162 Å². The number of rotatable bonds is 5. The number of hydrogen-bond donors (Lipinski definition) is 0. The molecule has 0 amide bonds. The van der Waals surface area contributed by atoms with Crippen LogP contribution >= 0.6 is 0 Å². The molecule has 146 valence electrons. The molecule has 0 bridgehead atoms. The maximum atomic E-state index is 12.4. The van der Waals surface area contributed by atoms with Crippen LogP contribution in [0.5, 0.6) is 17.2 Å². The van der Waals surface area contributed by atoms with Gasteiger partial charge in [0.2, 0.25) is 0 Å². The van der Waals surface area contributed by atoms with Crippen LogP contribution in [0.2, 0.25) is 0 Å². The molecule has 2 saturated heterocycles. The van der Waals surface area contributed by atoms with E-state index in [9.17, 15) is 9.59 Å². The lowest BCUT2D eigenvalue weighted by Gasteiger charge is -2.14. The highest BCUT2D eigenvalue weighted by Gasteiger charge is 2.46. The lowest BCUT2D eigenvalue weighted by Crippen LogP contribution is -2.32. The third-order valence-corrected chi connectivity index (χ3v) is 4.85. The van der Waals surface area contributed by atoms with Crippen LogP contribution < -0.4 is 14.2 Å². The van der Waals surface area contributed by atoms with Crippen molar-refractivity contribution in [3.8, 4) is 17.2 Å². The molecule has 3 atom stereocenters. The monoisotopic (exact) mass is 384 g/mol. The second-order valence-electron chi connectivity index (χ2n) is 6.61. The van der Waals surface area contributed by atoms with Crippen LogP contribution in [0.4, 0.5) is 0 Å². The first-order chi connectivity index (χ1) is 13.6. The summed E-state index contributed by atoms with van der Waals surface area (Å²) in [6.07, 6.45) is 0.554. The van der Waals surface area contributed by atoms with E-state index in [-0.39, 0.29) is 18.2 Å². The molecule has 2 aliphatic heterocycles. The molecule has 0 spiro atoms. The Morgan fingerprint density at radius 1 is 0.893 bits per heavy atom. The van der Waals surface area contributed by atoms with Gasteiger partial charge in [0.05, 0.1) is 31.5 Å². The van der Waals surface area contributed by atoms with Crippen molar-refractivity contribution in [2.75, 3.05) is 20.3 Å². The van der Waals surface area contributed by atoms with Crippen molar-refractivity contribution in [1.82, 2.24) is 0 Å². The van der Waals surface area contributed by atoms with Crippen LogP contribution in [0, 0.1) is 5.92 Å². The summed E-state index contributed by atoms with van der Waals surface area (Å²) in [7, 11) is 1.56. The fourth-order valence-electron chi connectivity index (χ4n) is 3.33. The predicted molar refractivity (Wildman–Crippen MR) is 97.6 cm³/mol. The Hall–Kier alpha value is -2.90. The van der Waals surface area contributed by atoms with Gasteiger partial charge in [-0.2, -0.15) is 0 Å². The van der Waals surface area contributed by atoms with Gasteiger partial charge in [0.15, 0.2) is 0 Å². The number of hydrogen-bond acceptors (Lipinski definition) is 7. The molecule has 2 fully saturated rings. The zero-order chi connectivity index (χ0) is 19.5. The molecule has 2 aliphatic rings. The van der Waals surface area contributed by atoms with E-state index in [1.165, 1.54) is 0 Å². The van der Waals surface area contributed by atoms with Gasteiger partial charge in [-0.15, -0.1) is 0 Å². The standard InChI is InChI=1S/C21H20O7/c1-24-14-6-8-16(9-7-14)27-20(22)13-2-4-15(5-3-13)28-21(23)17-12-26-18-10-11-25-19(17)18/h2-9,17-19H,10-12H2,1H3. The van der Waals surface area contributed by atoms with Crippen molar-refractivity contribution in [2.24, 2.45) is 5.92 Å². The summed E-state index contributed by atoms with van der Waals surface area (Å²) in [6.45, 7) is 0.907. The van der Waals surface area contributed by atoms with Crippen molar-refractivity contribution in [2.45, 2.75) is 18.6 Å². The van der Waals surface area contributed by atoms with Crippen LogP contribution in [0.1, 0.15) is 16.8 Å². The Morgan fingerprint density at radius 3 is 2.25 bits per heavy atom. The fraction of sp³-hybridized carbons (Fsp3) is 0.333. The molecule has 3 unspecified atom stereocenters. The molecular weight excluding hydrogens is 364 g/mol. The lowest BCUT2D eigenvalue weighted by molar-refractivity contribution is -0.142. The van der Waals surface area contributed by atoms with E-state index < -0.39 is 11.9 Å². The van der Waals surface area contributed by atoms with Gasteiger partial charge in [0.25, 0.3) is 0 Å². The number of methoxy groups -OCH3 is 1. The summed E-state index contributed by atoms with van der Waals surface area (Å²) in [6, 6.07) is 12.9. The van der Waals surface area contributed by atoms with E-state index >= 15 is 0 Å². The summed E-state index contributed by atoms with van der Waals surface area (Å²) < 4.78 is 27.0. The third-order valence-electron chi connectivity index (χ3n) is 4.85. The zero-order valence-corrected chi connectivity index (χ0v) is 15.3. The number of esters is 2. The first-order valence-corrected chi connectivity index (χ1v) is 9.05. The van der Waals surface area contributed by atoms with Crippen molar-refractivity contribution in [3.05, 3.63) is 54.1 Å².